The molecule has 2 aromatic carbocycles. The van der Waals surface area contributed by atoms with E-state index in [0.717, 1.165) is 0 Å². The maximum Gasteiger partial charge on any atom is 0.295 e. The third-order valence-electron chi connectivity index (χ3n) is 4.99. The van der Waals surface area contributed by atoms with Crippen LogP contribution < -0.4 is 4.74 Å². The Balaban J connectivity index is 2.07. The molecule has 2 aromatic rings. The topological polar surface area (TPSA) is 70.1 Å². The average Bonchev–Trinajstić information content (AvgIpc) is 3.01. The van der Waals surface area contributed by atoms with Gasteiger partial charge in [0.2, 0.25) is 0 Å². The number of nitrogens with zero attached hydrogens (tertiary/aromatic N) is 2. The van der Waals surface area contributed by atoms with Gasteiger partial charge in [0.25, 0.3) is 11.7 Å². The van der Waals surface area contributed by atoms with Crippen molar-refractivity contribution in [1.29, 1.82) is 0 Å². The Morgan fingerprint density at radius 2 is 1.94 bits per heavy atom. The number of aliphatic hydroxyl groups is 1. The van der Waals surface area contributed by atoms with Crippen LogP contribution in [0.5, 0.6) is 5.75 Å². The molecule has 1 heterocycles. The molecule has 0 aliphatic carbocycles. The molecule has 0 bridgehead atoms. The number of likely N-dealkylation sites (N-methyl/N-ethyl adjacent to an activating group) is 1. The number of hydrogen-bond acceptors (Lipinski definition) is 5. The number of carbonyl (C=O) groups excluding carboxylic acids is 2. The lowest BCUT2D eigenvalue weighted by molar-refractivity contribution is -0.140. The summed E-state index contributed by atoms with van der Waals surface area (Å²) in [4.78, 5) is 29.0. The van der Waals surface area contributed by atoms with Gasteiger partial charge in [-0.1, -0.05) is 24.8 Å². The van der Waals surface area contributed by atoms with E-state index in [1.54, 1.807) is 36.4 Å². The highest BCUT2D eigenvalue weighted by Crippen LogP contribution is 2.39. The lowest BCUT2D eigenvalue weighted by atomic mass is 9.95. The van der Waals surface area contributed by atoms with Gasteiger partial charge in [-0.05, 0) is 56.1 Å². The second-order valence-corrected chi connectivity index (χ2v) is 7.47. The molecule has 0 spiro atoms. The normalized spacial score (nSPS) is 17.9. The smallest absolute Gasteiger partial charge is 0.295 e. The first-order valence-corrected chi connectivity index (χ1v) is 9.86. The first-order chi connectivity index (χ1) is 14.8. The summed E-state index contributed by atoms with van der Waals surface area (Å²) in [5.41, 5.74) is 0.720. The minimum absolute atomic E-state index is 0.0610. The summed E-state index contributed by atoms with van der Waals surface area (Å²) in [6.07, 6.45) is 1.61. The van der Waals surface area contributed by atoms with Gasteiger partial charge in [0.05, 0.1) is 11.6 Å². The van der Waals surface area contributed by atoms with E-state index < -0.39 is 23.5 Å². The molecule has 0 radical (unpaired) electrons. The van der Waals surface area contributed by atoms with Crippen LogP contribution in [0.4, 0.5) is 4.39 Å². The molecule has 1 fully saturated rings. The number of Topliss-reactive ketones (excluding diaryl/α,β-unsaturated/α-hetero) is 1. The second kappa shape index (κ2) is 9.57. The minimum Gasteiger partial charge on any atom is -0.507 e. The average molecular weight is 424 g/mol. The maximum absolute atomic E-state index is 14.0. The number of halogens is 1. The largest absolute Gasteiger partial charge is 0.507 e. The number of aliphatic hydroxyl groups excluding tert-OH is 1. The van der Waals surface area contributed by atoms with Crippen LogP contribution in [0.3, 0.4) is 0 Å². The molecule has 1 saturated heterocycles. The Morgan fingerprint density at radius 1 is 1.23 bits per heavy atom. The van der Waals surface area contributed by atoms with Crippen LogP contribution in [0.25, 0.3) is 5.76 Å². The van der Waals surface area contributed by atoms with Crippen molar-refractivity contribution in [2.45, 2.75) is 6.04 Å². The molecule has 1 aliphatic rings. The Morgan fingerprint density at radius 3 is 2.55 bits per heavy atom. The Bertz CT molecular complexity index is 1010. The molecule has 0 saturated carbocycles. The van der Waals surface area contributed by atoms with Gasteiger partial charge in [-0.25, -0.2) is 4.39 Å². The highest BCUT2D eigenvalue weighted by molar-refractivity contribution is 6.46. The van der Waals surface area contributed by atoms with Crippen molar-refractivity contribution in [3.8, 4) is 5.75 Å². The fourth-order valence-electron chi connectivity index (χ4n) is 3.46. The van der Waals surface area contributed by atoms with E-state index in [9.17, 15) is 19.1 Å². The summed E-state index contributed by atoms with van der Waals surface area (Å²) in [6.45, 7) is 4.69. The van der Waals surface area contributed by atoms with E-state index in [1.807, 2.05) is 19.0 Å². The predicted molar refractivity (Wildman–Crippen MR) is 116 cm³/mol. The molecule has 3 rings (SSSR count). The molecule has 1 amide bonds. The van der Waals surface area contributed by atoms with E-state index >= 15 is 0 Å². The number of ether oxygens (including phenoxy) is 1. The summed E-state index contributed by atoms with van der Waals surface area (Å²) in [7, 11) is 3.70. The Labute approximate surface area is 180 Å². The highest BCUT2D eigenvalue weighted by Gasteiger charge is 2.45. The monoisotopic (exact) mass is 424 g/mol. The van der Waals surface area contributed by atoms with Crippen LogP contribution in [0.15, 0.2) is 66.8 Å². The first kappa shape index (κ1) is 22.2. The Hall–Kier alpha value is -3.45. The fourth-order valence-corrected chi connectivity index (χ4v) is 3.46. The van der Waals surface area contributed by atoms with Crippen LogP contribution >= 0.6 is 0 Å². The van der Waals surface area contributed by atoms with Gasteiger partial charge in [-0.3, -0.25) is 9.59 Å². The molecule has 31 heavy (non-hydrogen) atoms. The summed E-state index contributed by atoms with van der Waals surface area (Å²) in [6, 6.07) is 11.3. The highest BCUT2D eigenvalue weighted by atomic mass is 19.1. The van der Waals surface area contributed by atoms with Gasteiger partial charge in [0, 0.05) is 18.7 Å². The number of ketones is 1. The number of hydrogen-bond donors (Lipinski definition) is 1. The van der Waals surface area contributed by atoms with Crippen LogP contribution in [-0.2, 0) is 9.59 Å². The number of amides is 1. The van der Waals surface area contributed by atoms with Gasteiger partial charge in [-0.15, -0.1) is 0 Å². The lowest BCUT2D eigenvalue weighted by Gasteiger charge is -2.26. The van der Waals surface area contributed by atoms with E-state index in [2.05, 4.69) is 6.58 Å². The molecule has 0 unspecified atom stereocenters. The minimum atomic E-state index is -0.882. The molecule has 1 aliphatic heterocycles. The summed E-state index contributed by atoms with van der Waals surface area (Å²) in [5, 5.41) is 11.0. The van der Waals surface area contributed by atoms with Crippen molar-refractivity contribution >= 4 is 17.4 Å². The van der Waals surface area contributed by atoms with Crippen molar-refractivity contribution in [1.82, 2.24) is 9.80 Å². The Kier molecular flexibility index (Phi) is 6.87. The van der Waals surface area contributed by atoms with E-state index in [4.69, 9.17) is 4.74 Å². The number of rotatable bonds is 8. The fraction of sp³-hybridized carbons (Fsp3) is 0.250. The SMILES string of the molecule is C=CCOc1ccc(C(O)=C2C(=O)C(=O)N(CCN(C)C)[C@@H]2c2cccc(F)c2)cc1. The quantitative estimate of drug-likeness (QED) is 0.305. The third-order valence-corrected chi connectivity index (χ3v) is 4.99. The summed E-state index contributed by atoms with van der Waals surface area (Å²) in [5.74, 6) is -1.74. The third kappa shape index (κ3) is 4.83. The molecular formula is C24H25FN2O4. The molecule has 1 N–H and O–H groups in total. The first-order valence-electron chi connectivity index (χ1n) is 9.86. The molecule has 1 atom stereocenters. The van der Waals surface area contributed by atoms with E-state index in [0.29, 0.717) is 30.0 Å². The number of likely N-dealkylation sites (tertiary alicyclic amines) is 1. The second-order valence-electron chi connectivity index (χ2n) is 7.47. The van der Waals surface area contributed by atoms with Crippen LogP contribution in [0, 0.1) is 5.82 Å². The van der Waals surface area contributed by atoms with Gasteiger partial charge >= 0.3 is 0 Å². The van der Waals surface area contributed by atoms with Gasteiger partial charge in [0.1, 0.15) is 23.9 Å². The molecule has 0 aromatic heterocycles. The molecular weight excluding hydrogens is 399 g/mol. The number of benzene rings is 2. The van der Waals surface area contributed by atoms with E-state index in [1.165, 1.54) is 23.1 Å². The van der Waals surface area contributed by atoms with Crippen LogP contribution in [0.2, 0.25) is 0 Å². The van der Waals surface area contributed by atoms with Gasteiger partial charge in [-0.2, -0.15) is 0 Å². The predicted octanol–water partition coefficient (Wildman–Crippen LogP) is 3.37. The van der Waals surface area contributed by atoms with Crippen molar-refractivity contribution in [2.24, 2.45) is 0 Å². The van der Waals surface area contributed by atoms with Gasteiger partial charge < -0.3 is 19.6 Å². The van der Waals surface area contributed by atoms with Crippen molar-refractivity contribution in [3.63, 3.8) is 0 Å². The summed E-state index contributed by atoms with van der Waals surface area (Å²) >= 11 is 0. The van der Waals surface area contributed by atoms with Crippen molar-refractivity contribution < 1.29 is 23.8 Å². The molecule has 6 nitrogen and oxygen atoms in total. The number of carbonyl (C=O) groups is 2. The zero-order valence-electron chi connectivity index (χ0n) is 17.5. The zero-order chi connectivity index (χ0) is 22.5. The van der Waals surface area contributed by atoms with Gasteiger partial charge in [0.15, 0.2) is 0 Å². The van der Waals surface area contributed by atoms with Crippen molar-refractivity contribution in [2.75, 3.05) is 33.8 Å². The van der Waals surface area contributed by atoms with E-state index in [-0.39, 0.29) is 17.9 Å². The molecule has 162 valence electrons. The standard InChI is InChI=1S/C24H25FN2O4/c1-4-14-31-19-10-8-16(9-11-19)22(28)20-21(17-6-5-7-18(25)15-17)27(13-12-26(2)3)24(30)23(20)29/h4-11,15,21,28H,1,12-14H2,2-3H3/t21-/m1/s1. The maximum atomic E-state index is 14.0. The zero-order valence-corrected chi connectivity index (χ0v) is 17.5. The van der Waals surface area contributed by atoms with Crippen LogP contribution in [0.1, 0.15) is 17.2 Å². The van der Waals surface area contributed by atoms with Crippen LogP contribution in [-0.4, -0.2) is 60.4 Å². The summed E-state index contributed by atoms with van der Waals surface area (Å²) < 4.78 is 19.4. The lowest BCUT2D eigenvalue weighted by Crippen LogP contribution is -2.35. The van der Waals surface area contributed by atoms with Crippen molar-refractivity contribution in [3.05, 3.63) is 83.7 Å². The molecule has 7 heteroatoms.